The third-order valence-electron chi connectivity index (χ3n) is 1.45. The lowest BCUT2D eigenvalue weighted by molar-refractivity contribution is 0.157. The molecule has 0 atom stereocenters. The lowest BCUT2D eigenvalue weighted by Crippen LogP contribution is -1.98. The highest BCUT2D eigenvalue weighted by Gasteiger charge is 2.05. The fourth-order valence-electron chi connectivity index (χ4n) is 0.926. The van der Waals surface area contributed by atoms with Gasteiger partial charge in [0.15, 0.2) is 5.82 Å². The van der Waals surface area contributed by atoms with Gasteiger partial charge in [-0.2, -0.15) is 0 Å². The summed E-state index contributed by atoms with van der Waals surface area (Å²) in [5.41, 5.74) is 6.54. The van der Waals surface area contributed by atoms with E-state index < -0.39 is 0 Å². The van der Waals surface area contributed by atoms with Crippen LogP contribution in [0.3, 0.4) is 0 Å². The van der Waals surface area contributed by atoms with Crippen molar-refractivity contribution in [3.05, 3.63) is 18.3 Å². The third kappa shape index (κ3) is 0.706. The predicted octanol–water partition coefficient (Wildman–Crippen LogP) is 0.251. The fraction of sp³-hybridized carbons (Fsp3) is 0. The molecule has 2 aromatic rings. The first-order valence-corrected chi connectivity index (χ1v) is 3.07. The topological polar surface area (TPSA) is 77.0 Å². The van der Waals surface area contributed by atoms with Gasteiger partial charge in [0.2, 0.25) is 0 Å². The Hall–Kier alpha value is -1.78. The normalized spacial score (nSPS) is 10.5. The Morgan fingerprint density at radius 1 is 1.55 bits per heavy atom. The van der Waals surface area contributed by atoms with E-state index in [0.717, 1.165) is 0 Å². The molecule has 0 saturated carbocycles. The van der Waals surface area contributed by atoms with Crippen molar-refractivity contribution in [1.29, 1.82) is 0 Å². The van der Waals surface area contributed by atoms with Crippen LogP contribution in [0.5, 0.6) is 0 Å². The number of hydrogen-bond donors (Lipinski definition) is 2. The summed E-state index contributed by atoms with van der Waals surface area (Å²) in [5, 5.41) is 12.7. The zero-order valence-electron chi connectivity index (χ0n) is 5.60. The zero-order valence-corrected chi connectivity index (χ0v) is 5.60. The molecule has 2 aromatic heterocycles. The van der Waals surface area contributed by atoms with E-state index in [1.807, 2.05) is 0 Å². The highest BCUT2D eigenvalue weighted by atomic mass is 16.5. The van der Waals surface area contributed by atoms with Crippen LogP contribution in [0.1, 0.15) is 0 Å². The van der Waals surface area contributed by atoms with Gasteiger partial charge < -0.3 is 10.9 Å². The molecule has 0 spiro atoms. The molecule has 0 aliphatic heterocycles. The van der Waals surface area contributed by atoms with Gasteiger partial charge >= 0.3 is 0 Å². The quantitative estimate of drug-likeness (QED) is 0.528. The number of nitrogens with two attached hydrogens (primary N) is 1. The molecule has 0 radical (unpaired) electrons. The molecular formula is C6H6N4O. The van der Waals surface area contributed by atoms with Crippen molar-refractivity contribution in [3.8, 4) is 0 Å². The van der Waals surface area contributed by atoms with Crippen LogP contribution in [-0.4, -0.2) is 20.1 Å². The smallest absolute Gasteiger partial charge is 0.189 e. The van der Waals surface area contributed by atoms with Crippen molar-refractivity contribution >= 4 is 16.9 Å². The average molecular weight is 150 g/mol. The molecular weight excluding hydrogens is 144 g/mol. The van der Waals surface area contributed by atoms with E-state index in [-0.39, 0.29) is 5.82 Å². The minimum atomic E-state index is 0.167. The number of hydrogen-bond acceptors (Lipinski definition) is 4. The van der Waals surface area contributed by atoms with Gasteiger partial charge in [-0.1, -0.05) is 4.85 Å². The fourth-order valence-corrected chi connectivity index (χ4v) is 0.926. The third-order valence-corrected chi connectivity index (χ3v) is 1.45. The van der Waals surface area contributed by atoms with Gasteiger partial charge in [0.05, 0.1) is 0 Å². The van der Waals surface area contributed by atoms with Crippen LogP contribution in [0, 0.1) is 0 Å². The molecule has 11 heavy (non-hydrogen) atoms. The summed E-state index contributed by atoms with van der Waals surface area (Å²) in [7, 11) is 0. The lowest BCUT2D eigenvalue weighted by Gasteiger charge is -1.87. The van der Waals surface area contributed by atoms with E-state index >= 15 is 0 Å². The van der Waals surface area contributed by atoms with Gasteiger partial charge in [-0.15, -0.1) is 5.10 Å². The van der Waals surface area contributed by atoms with Crippen LogP contribution in [0.2, 0.25) is 0 Å². The summed E-state index contributed by atoms with van der Waals surface area (Å²) >= 11 is 0. The minimum Gasteiger partial charge on any atom is -0.410 e. The van der Waals surface area contributed by atoms with Crippen LogP contribution in [0.15, 0.2) is 18.3 Å². The molecule has 0 fully saturated rings. The number of nitrogen functional groups attached to an aromatic ring is 1. The molecule has 3 N–H and O–H groups in total. The predicted molar refractivity (Wildman–Crippen MR) is 39.1 cm³/mol. The second-order valence-electron chi connectivity index (χ2n) is 2.15. The Kier molecular flexibility index (Phi) is 1.00. The van der Waals surface area contributed by atoms with E-state index in [2.05, 4.69) is 10.1 Å². The van der Waals surface area contributed by atoms with E-state index in [4.69, 9.17) is 10.9 Å². The van der Waals surface area contributed by atoms with Crippen molar-refractivity contribution in [3.63, 3.8) is 0 Å². The molecule has 0 saturated heterocycles. The maximum absolute atomic E-state index is 8.98. The summed E-state index contributed by atoms with van der Waals surface area (Å²) < 4.78 is 0. The summed E-state index contributed by atoms with van der Waals surface area (Å²) in [5.74, 6) is 0.167. The first-order valence-electron chi connectivity index (χ1n) is 3.07. The molecule has 5 nitrogen and oxygen atoms in total. The van der Waals surface area contributed by atoms with Gasteiger partial charge in [0.1, 0.15) is 11.0 Å². The van der Waals surface area contributed by atoms with Crippen LogP contribution < -0.4 is 5.73 Å². The molecule has 0 amide bonds. The van der Waals surface area contributed by atoms with Gasteiger partial charge in [-0.25, -0.2) is 0 Å². The zero-order chi connectivity index (χ0) is 7.84. The maximum atomic E-state index is 8.98. The van der Waals surface area contributed by atoms with Gasteiger partial charge in [0.25, 0.3) is 0 Å². The molecule has 0 bridgehead atoms. The molecule has 0 aliphatic rings. The second-order valence-corrected chi connectivity index (χ2v) is 2.15. The van der Waals surface area contributed by atoms with E-state index in [0.29, 0.717) is 15.9 Å². The SMILES string of the molecule is Nc1c2ncccc2nn1O. The van der Waals surface area contributed by atoms with Crippen molar-refractivity contribution in [2.24, 2.45) is 0 Å². The number of fused-ring (bicyclic) bond motifs is 1. The van der Waals surface area contributed by atoms with Crippen molar-refractivity contribution in [1.82, 2.24) is 14.9 Å². The minimum absolute atomic E-state index is 0.167. The first-order chi connectivity index (χ1) is 5.29. The number of pyridine rings is 1. The standard InChI is InChI=1S/C6H6N4O/c7-6-5-4(9-10(6)11)2-1-3-8-5/h1-3,11H,7H2. The van der Waals surface area contributed by atoms with Crippen LogP contribution >= 0.6 is 0 Å². The van der Waals surface area contributed by atoms with E-state index in [1.54, 1.807) is 18.3 Å². The molecule has 5 heteroatoms. The monoisotopic (exact) mass is 150 g/mol. The highest BCUT2D eigenvalue weighted by Crippen LogP contribution is 2.14. The molecule has 2 rings (SSSR count). The number of rotatable bonds is 0. The molecule has 0 aromatic carbocycles. The Morgan fingerprint density at radius 2 is 2.36 bits per heavy atom. The molecule has 0 unspecified atom stereocenters. The van der Waals surface area contributed by atoms with E-state index in [9.17, 15) is 0 Å². The Bertz CT molecular complexity index is 394. The highest BCUT2D eigenvalue weighted by molar-refractivity contribution is 5.84. The maximum Gasteiger partial charge on any atom is 0.189 e. The summed E-state index contributed by atoms with van der Waals surface area (Å²) in [4.78, 5) is 4.56. The van der Waals surface area contributed by atoms with Crippen LogP contribution in [-0.2, 0) is 0 Å². The van der Waals surface area contributed by atoms with Crippen molar-refractivity contribution in [2.75, 3.05) is 5.73 Å². The lowest BCUT2D eigenvalue weighted by atomic mass is 10.4. The Labute approximate surface area is 62.0 Å². The first kappa shape index (κ1) is 5.96. The van der Waals surface area contributed by atoms with Crippen molar-refractivity contribution in [2.45, 2.75) is 0 Å². The van der Waals surface area contributed by atoms with Crippen LogP contribution in [0.25, 0.3) is 11.0 Å². The average Bonchev–Trinajstić information content (AvgIpc) is 2.30. The van der Waals surface area contributed by atoms with Gasteiger partial charge in [0, 0.05) is 6.20 Å². The molecule has 56 valence electrons. The second kappa shape index (κ2) is 1.85. The largest absolute Gasteiger partial charge is 0.410 e. The summed E-state index contributed by atoms with van der Waals surface area (Å²) in [6.45, 7) is 0. The number of anilines is 1. The van der Waals surface area contributed by atoms with Crippen LogP contribution in [0.4, 0.5) is 5.82 Å². The summed E-state index contributed by atoms with van der Waals surface area (Å²) in [6, 6.07) is 3.46. The van der Waals surface area contributed by atoms with Gasteiger partial charge in [-0.05, 0) is 12.1 Å². The van der Waals surface area contributed by atoms with Crippen molar-refractivity contribution < 1.29 is 5.21 Å². The van der Waals surface area contributed by atoms with E-state index in [1.165, 1.54) is 0 Å². The molecule has 0 aliphatic carbocycles. The summed E-state index contributed by atoms with van der Waals surface area (Å²) in [6.07, 6.45) is 1.60. The molecule has 2 heterocycles. The van der Waals surface area contributed by atoms with Gasteiger partial charge in [-0.3, -0.25) is 4.98 Å². The number of aromatic nitrogens is 3. The number of nitrogens with zero attached hydrogens (tertiary/aromatic N) is 3. The Balaban J connectivity index is 2.92. The Morgan fingerprint density at radius 3 is 3.09 bits per heavy atom.